The summed E-state index contributed by atoms with van der Waals surface area (Å²) in [6.45, 7) is 8.86. The molecular weight excluding hydrogens is 364 g/mol. The summed E-state index contributed by atoms with van der Waals surface area (Å²) >= 11 is 0. The Labute approximate surface area is 160 Å². The molecule has 2 N–H and O–H groups in total. The van der Waals surface area contributed by atoms with Gasteiger partial charge in [0.05, 0.1) is 12.7 Å². The van der Waals surface area contributed by atoms with E-state index in [1.165, 1.54) is 5.19 Å². The maximum absolute atomic E-state index is 9.58. The summed E-state index contributed by atoms with van der Waals surface area (Å²) in [7, 11) is -2.60. The summed E-state index contributed by atoms with van der Waals surface area (Å²) in [5, 5.41) is 20.2. The van der Waals surface area contributed by atoms with Crippen molar-refractivity contribution in [1.29, 1.82) is 0 Å². The topological polar surface area (TPSA) is 68.2 Å². The van der Waals surface area contributed by atoms with E-state index in [0.29, 0.717) is 6.61 Å². The zero-order chi connectivity index (χ0) is 19.6. The molecule has 0 spiro atoms. The van der Waals surface area contributed by atoms with Crippen LogP contribution in [0.2, 0.25) is 25.2 Å². The smallest absolute Gasteiger partial charge is 0.327 e. The third-order valence-electron chi connectivity index (χ3n) is 4.60. The highest BCUT2D eigenvalue weighted by atomic mass is 28.4. The number of hydrogen-bond donors (Lipinski definition) is 2. The van der Waals surface area contributed by atoms with Crippen molar-refractivity contribution in [3.8, 4) is 0 Å². The zero-order valence-electron chi connectivity index (χ0n) is 16.9. The van der Waals surface area contributed by atoms with Crippen molar-refractivity contribution in [1.82, 2.24) is 0 Å². The van der Waals surface area contributed by atoms with Crippen LogP contribution in [0.5, 0.6) is 0 Å². The van der Waals surface area contributed by atoms with Crippen molar-refractivity contribution in [3.05, 3.63) is 30.3 Å². The minimum atomic E-state index is -2.32. The third kappa shape index (κ3) is 7.60. The van der Waals surface area contributed by atoms with E-state index in [0.717, 1.165) is 24.9 Å². The highest BCUT2D eigenvalue weighted by molar-refractivity contribution is 6.91. The van der Waals surface area contributed by atoms with Gasteiger partial charge in [0.15, 0.2) is 0 Å². The van der Waals surface area contributed by atoms with Crippen LogP contribution < -0.4 is 5.19 Å². The van der Waals surface area contributed by atoms with Crippen LogP contribution in [0.15, 0.2) is 30.3 Å². The molecule has 1 aromatic rings. The van der Waals surface area contributed by atoms with E-state index in [1.54, 1.807) is 14.0 Å². The number of aliphatic hydroxyl groups excluding tert-OH is 2. The van der Waals surface area contributed by atoms with Gasteiger partial charge in [-0.2, -0.15) is 0 Å². The van der Waals surface area contributed by atoms with Crippen LogP contribution in [0.25, 0.3) is 0 Å². The molecule has 3 unspecified atom stereocenters. The Morgan fingerprint density at radius 1 is 1.08 bits per heavy atom. The molecule has 150 valence electrons. The third-order valence-corrected chi connectivity index (χ3v) is 13.0. The Hall–Kier alpha value is -0.546. The van der Waals surface area contributed by atoms with Crippen molar-refractivity contribution >= 4 is 22.1 Å². The second kappa shape index (κ2) is 11.3. The summed E-state index contributed by atoms with van der Waals surface area (Å²) in [5.74, 6) is 0. The lowest BCUT2D eigenvalue weighted by atomic mass is 10.2. The van der Waals surface area contributed by atoms with Gasteiger partial charge in [0, 0.05) is 13.7 Å². The van der Waals surface area contributed by atoms with Gasteiger partial charge in [-0.25, -0.2) is 0 Å². The lowest BCUT2D eigenvalue weighted by Crippen LogP contribution is -2.56. The molecule has 26 heavy (non-hydrogen) atoms. The number of rotatable bonds is 13. The normalized spacial score (nSPS) is 16.9. The van der Waals surface area contributed by atoms with Crippen molar-refractivity contribution in [2.45, 2.75) is 64.1 Å². The van der Waals surface area contributed by atoms with Crippen molar-refractivity contribution in [3.63, 3.8) is 0 Å². The molecule has 0 radical (unpaired) electrons. The molecule has 0 heterocycles. The number of ether oxygens (including phenoxy) is 1. The first-order valence-electron chi connectivity index (χ1n) is 9.51. The van der Waals surface area contributed by atoms with Crippen LogP contribution >= 0.6 is 0 Å². The first-order valence-corrected chi connectivity index (χ1v) is 14.6. The SMILES string of the molecule is CCC[Si](CCCOCC(O)C(C)O)(OC)O[Si](C)(C)c1ccccc1. The van der Waals surface area contributed by atoms with E-state index in [4.69, 9.17) is 13.3 Å². The Balaban J connectivity index is 2.66. The average molecular weight is 401 g/mol. The largest absolute Gasteiger partial charge is 0.432 e. The summed E-state index contributed by atoms with van der Waals surface area (Å²) in [4.78, 5) is 0. The lowest BCUT2D eigenvalue weighted by molar-refractivity contribution is -0.0303. The molecule has 7 heteroatoms. The maximum Gasteiger partial charge on any atom is 0.327 e. The molecule has 0 saturated heterocycles. The van der Waals surface area contributed by atoms with Gasteiger partial charge in [0.25, 0.3) is 0 Å². The quantitative estimate of drug-likeness (QED) is 0.394. The predicted molar refractivity (Wildman–Crippen MR) is 110 cm³/mol. The second-order valence-electron chi connectivity index (χ2n) is 7.33. The molecule has 5 nitrogen and oxygen atoms in total. The van der Waals surface area contributed by atoms with E-state index < -0.39 is 29.1 Å². The van der Waals surface area contributed by atoms with Crippen LogP contribution in [-0.2, 0) is 13.3 Å². The van der Waals surface area contributed by atoms with Crippen LogP contribution in [0, 0.1) is 0 Å². The minimum absolute atomic E-state index is 0.151. The molecule has 3 atom stereocenters. The van der Waals surface area contributed by atoms with Crippen LogP contribution in [-0.4, -0.2) is 59.6 Å². The number of hydrogen-bond acceptors (Lipinski definition) is 5. The molecule has 0 bridgehead atoms. The molecule has 0 aliphatic carbocycles. The molecule has 0 amide bonds. The summed E-state index contributed by atoms with van der Waals surface area (Å²) < 4.78 is 18.3. The maximum atomic E-state index is 9.58. The van der Waals surface area contributed by atoms with Crippen LogP contribution in [0.4, 0.5) is 0 Å². The van der Waals surface area contributed by atoms with E-state index in [2.05, 4.69) is 44.3 Å². The Morgan fingerprint density at radius 2 is 1.73 bits per heavy atom. The van der Waals surface area contributed by atoms with E-state index in [-0.39, 0.29) is 6.61 Å². The molecule has 0 aliphatic heterocycles. The first kappa shape index (κ1) is 23.5. The fourth-order valence-electron chi connectivity index (χ4n) is 3.00. The van der Waals surface area contributed by atoms with Crippen molar-refractivity contribution in [2.24, 2.45) is 0 Å². The van der Waals surface area contributed by atoms with Gasteiger partial charge in [0.2, 0.25) is 8.32 Å². The highest BCUT2D eigenvalue weighted by Crippen LogP contribution is 2.26. The monoisotopic (exact) mass is 400 g/mol. The molecule has 0 saturated carbocycles. The van der Waals surface area contributed by atoms with Crippen LogP contribution in [0.1, 0.15) is 26.7 Å². The zero-order valence-corrected chi connectivity index (χ0v) is 18.9. The molecule has 0 aromatic heterocycles. The van der Waals surface area contributed by atoms with Gasteiger partial charge in [0.1, 0.15) is 6.10 Å². The van der Waals surface area contributed by atoms with Gasteiger partial charge in [-0.1, -0.05) is 43.7 Å². The number of aliphatic hydroxyl groups is 2. The van der Waals surface area contributed by atoms with E-state index >= 15 is 0 Å². The van der Waals surface area contributed by atoms with Gasteiger partial charge >= 0.3 is 8.56 Å². The van der Waals surface area contributed by atoms with Gasteiger partial charge in [-0.15, -0.1) is 0 Å². The molecular formula is C19H36O5Si2. The van der Waals surface area contributed by atoms with Gasteiger partial charge < -0.3 is 23.5 Å². The number of benzene rings is 1. The highest BCUT2D eigenvalue weighted by Gasteiger charge is 2.42. The molecule has 0 fully saturated rings. The summed E-state index contributed by atoms with van der Waals surface area (Å²) in [6.07, 6.45) is 0.242. The predicted octanol–water partition coefficient (Wildman–Crippen LogP) is 2.76. The van der Waals surface area contributed by atoms with Crippen molar-refractivity contribution in [2.75, 3.05) is 20.3 Å². The van der Waals surface area contributed by atoms with E-state index in [1.807, 2.05) is 6.07 Å². The minimum Gasteiger partial charge on any atom is -0.432 e. The van der Waals surface area contributed by atoms with Crippen molar-refractivity contribution < 1.29 is 23.5 Å². The Bertz CT molecular complexity index is 498. The second-order valence-corrected chi connectivity index (χ2v) is 15.0. The lowest BCUT2D eigenvalue weighted by Gasteiger charge is -2.37. The fraction of sp³-hybridized carbons (Fsp3) is 0.684. The molecule has 1 rings (SSSR count). The van der Waals surface area contributed by atoms with E-state index in [9.17, 15) is 10.2 Å². The van der Waals surface area contributed by atoms with Gasteiger partial charge in [-0.3, -0.25) is 0 Å². The standard InChI is InChI=1S/C19H36O5Si2/c1-6-14-26(22-3,15-10-13-23-16-19(21)17(2)20)24-25(4,5)18-11-8-7-9-12-18/h7-9,11-12,17,19-21H,6,10,13-16H2,1-5H3. The fourth-order valence-corrected chi connectivity index (χ4v) is 11.4. The average Bonchev–Trinajstić information content (AvgIpc) is 2.61. The summed E-state index contributed by atoms with van der Waals surface area (Å²) in [6, 6.07) is 12.3. The Kier molecular flexibility index (Phi) is 10.2. The Morgan fingerprint density at radius 3 is 2.27 bits per heavy atom. The molecule has 0 aliphatic rings. The summed E-state index contributed by atoms with van der Waals surface area (Å²) in [5.41, 5.74) is 0. The molecule has 1 aromatic carbocycles. The van der Waals surface area contributed by atoms with Crippen LogP contribution in [0.3, 0.4) is 0 Å². The van der Waals surface area contributed by atoms with Gasteiger partial charge in [-0.05, 0) is 43.7 Å². The first-order chi connectivity index (χ1) is 12.3.